The van der Waals surface area contributed by atoms with Crippen LogP contribution in [0.1, 0.15) is 41.5 Å². The van der Waals surface area contributed by atoms with Crippen LogP contribution in [0.15, 0.2) is 91.0 Å². The van der Waals surface area contributed by atoms with Crippen LogP contribution >= 0.6 is 23.8 Å². The van der Waals surface area contributed by atoms with Crippen molar-refractivity contribution in [3.8, 4) is 0 Å². The van der Waals surface area contributed by atoms with Crippen LogP contribution < -0.4 is 53.1 Å². The molecule has 3 aromatic rings. The summed E-state index contributed by atoms with van der Waals surface area (Å²) < 4.78 is 0. The van der Waals surface area contributed by atoms with E-state index in [1.165, 1.54) is 37.0 Å². The van der Waals surface area contributed by atoms with Crippen LogP contribution in [0.2, 0.25) is 0 Å². The molecule has 0 aromatic heterocycles. The van der Waals surface area contributed by atoms with Gasteiger partial charge in [-0.05, 0) is 52.9 Å². The van der Waals surface area contributed by atoms with Gasteiger partial charge in [-0.3, -0.25) is 0 Å². The number of hydrogen-bond donors (Lipinski definition) is 0. The normalized spacial score (nSPS) is 9.32. The van der Waals surface area contributed by atoms with Gasteiger partial charge in [-0.15, -0.1) is 0 Å². The van der Waals surface area contributed by atoms with E-state index < -0.39 is 0 Å². The largest absolute Gasteiger partial charge is 1.00 e. The van der Waals surface area contributed by atoms with E-state index in [0.29, 0.717) is 0 Å². The summed E-state index contributed by atoms with van der Waals surface area (Å²) in [5.41, 5.74) is 0. The third-order valence-corrected chi connectivity index (χ3v) is 13.3. The molecule has 0 aliphatic heterocycles. The molecule has 3 aromatic carbocycles. The number of benzene rings is 3. The molecule has 7 heteroatoms. The predicted octanol–water partition coefficient (Wildman–Crippen LogP) is -0.490. The van der Waals surface area contributed by atoms with Crippen molar-refractivity contribution in [1.82, 2.24) is 0 Å². The summed E-state index contributed by atoms with van der Waals surface area (Å²) in [6.45, 7) is 13.7. The first kappa shape index (κ1) is 44.5. The minimum Gasteiger partial charge on any atom is -1.00 e. The summed E-state index contributed by atoms with van der Waals surface area (Å²) in [7, 11) is 0.446. The van der Waals surface area contributed by atoms with Gasteiger partial charge in [0, 0.05) is 19.8 Å². The van der Waals surface area contributed by atoms with Crippen molar-refractivity contribution < 1.29 is 57.0 Å². The maximum atomic E-state index is 2.28. The SMILES string of the molecule is CCP(CC)c1ccccc1.CCP(CC)c1ccccc1.CCP(CC)c1ccccc1.[Cl-].[Cl-].[Cl-].[Os]. The van der Waals surface area contributed by atoms with Crippen LogP contribution in [0.3, 0.4) is 0 Å². The van der Waals surface area contributed by atoms with Gasteiger partial charge >= 0.3 is 0 Å². The second kappa shape index (κ2) is 29.4. The van der Waals surface area contributed by atoms with E-state index in [0.717, 1.165) is 0 Å². The molecular formula is C30H45Cl3OsP3-3. The molecule has 0 unspecified atom stereocenters. The fourth-order valence-corrected chi connectivity index (χ4v) is 9.00. The molecule has 0 atom stereocenters. The summed E-state index contributed by atoms with van der Waals surface area (Å²) in [5.74, 6) is 0. The second-order valence-corrected chi connectivity index (χ2v) is 16.1. The standard InChI is InChI=1S/3C10H15P.3ClH.Os/c3*1-3-11(4-2)10-8-6-5-7-9-10;;;;/h3*5-9H,3-4H2,1-2H3;3*1H;/p-3. The van der Waals surface area contributed by atoms with E-state index >= 15 is 0 Å². The van der Waals surface area contributed by atoms with Crippen LogP contribution in [0, 0.1) is 0 Å². The Morgan fingerprint density at radius 3 is 0.649 bits per heavy atom. The topological polar surface area (TPSA) is 0 Å². The number of halogens is 3. The zero-order valence-electron chi connectivity index (χ0n) is 23.2. The second-order valence-electron chi connectivity index (χ2n) is 7.52. The molecule has 0 spiro atoms. The minimum atomic E-state index is 0. The number of rotatable bonds is 9. The molecule has 0 heterocycles. The van der Waals surface area contributed by atoms with Crippen molar-refractivity contribution in [2.45, 2.75) is 41.5 Å². The smallest absolute Gasteiger partial charge is 0 e. The molecule has 37 heavy (non-hydrogen) atoms. The summed E-state index contributed by atoms with van der Waals surface area (Å²) in [6, 6.07) is 32.6. The van der Waals surface area contributed by atoms with Crippen molar-refractivity contribution in [3.63, 3.8) is 0 Å². The summed E-state index contributed by atoms with van der Waals surface area (Å²) in [6.07, 6.45) is 7.89. The Bertz CT molecular complexity index is 702. The van der Waals surface area contributed by atoms with Crippen molar-refractivity contribution in [1.29, 1.82) is 0 Å². The van der Waals surface area contributed by atoms with Gasteiger partial charge in [0.1, 0.15) is 0 Å². The molecule has 0 N–H and O–H groups in total. The summed E-state index contributed by atoms with van der Waals surface area (Å²) >= 11 is 0. The van der Waals surface area contributed by atoms with Crippen LogP contribution in [0.25, 0.3) is 0 Å². The van der Waals surface area contributed by atoms with Gasteiger partial charge in [-0.25, -0.2) is 0 Å². The molecule has 3 rings (SSSR count). The van der Waals surface area contributed by atoms with Crippen molar-refractivity contribution in [2.24, 2.45) is 0 Å². The Kier molecular flexibility index (Phi) is 35.4. The van der Waals surface area contributed by atoms with Gasteiger partial charge in [-0.1, -0.05) is 156 Å². The third-order valence-electron chi connectivity index (χ3n) is 5.65. The van der Waals surface area contributed by atoms with Crippen LogP contribution in [-0.4, -0.2) is 37.0 Å². The molecule has 0 aliphatic carbocycles. The Morgan fingerprint density at radius 1 is 0.351 bits per heavy atom. The molecular weight excluding hydrogens is 750 g/mol. The molecule has 0 aliphatic rings. The quantitative estimate of drug-likeness (QED) is 0.257. The maximum Gasteiger partial charge on any atom is 0 e. The summed E-state index contributed by atoms with van der Waals surface area (Å²) in [5, 5.41) is 4.65. The third kappa shape index (κ3) is 18.4. The van der Waals surface area contributed by atoms with Gasteiger partial charge < -0.3 is 37.2 Å². The van der Waals surface area contributed by atoms with E-state index in [2.05, 4.69) is 133 Å². The molecule has 212 valence electrons. The van der Waals surface area contributed by atoms with Crippen molar-refractivity contribution in [2.75, 3.05) is 37.0 Å². The maximum absolute atomic E-state index is 2.28. The molecule has 0 radical (unpaired) electrons. The van der Waals surface area contributed by atoms with Crippen LogP contribution in [0.4, 0.5) is 0 Å². The van der Waals surface area contributed by atoms with Crippen LogP contribution in [0.5, 0.6) is 0 Å². The van der Waals surface area contributed by atoms with Gasteiger partial charge in [0.05, 0.1) is 0 Å². The molecule has 0 bridgehead atoms. The fourth-order valence-electron chi connectivity index (χ4n) is 3.68. The minimum absolute atomic E-state index is 0. The van der Waals surface area contributed by atoms with Gasteiger partial charge in [0.2, 0.25) is 0 Å². The van der Waals surface area contributed by atoms with Crippen LogP contribution in [-0.2, 0) is 19.8 Å². The van der Waals surface area contributed by atoms with E-state index in [1.807, 2.05) is 0 Å². The van der Waals surface area contributed by atoms with E-state index in [4.69, 9.17) is 0 Å². The first-order valence-corrected chi connectivity index (χ1v) is 17.7. The monoisotopic (exact) mass is 795 g/mol. The van der Waals surface area contributed by atoms with Gasteiger partial charge in [0.25, 0.3) is 0 Å². The zero-order chi connectivity index (χ0) is 24.3. The fraction of sp³-hybridized carbons (Fsp3) is 0.400. The Balaban J connectivity index is -0.000000209. The molecule has 0 amide bonds. The van der Waals surface area contributed by atoms with Gasteiger partial charge in [-0.2, -0.15) is 0 Å². The Morgan fingerprint density at radius 2 is 0.514 bits per heavy atom. The zero-order valence-corrected chi connectivity index (χ0v) is 30.7. The first-order valence-electron chi connectivity index (χ1n) is 12.5. The van der Waals surface area contributed by atoms with Gasteiger partial charge in [0.15, 0.2) is 0 Å². The number of hydrogen-bond acceptors (Lipinski definition) is 0. The average molecular weight is 795 g/mol. The molecule has 0 saturated carbocycles. The molecule has 0 fully saturated rings. The van der Waals surface area contributed by atoms with E-state index in [1.54, 1.807) is 15.9 Å². The van der Waals surface area contributed by atoms with Crippen molar-refractivity contribution in [3.05, 3.63) is 91.0 Å². The average Bonchev–Trinajstić information content (AvgIpc) is 2.89. The Hall–Kier alpha value is 0.456. The van der Waals surface area contributed by atoms with E-state index in [9.17, 15) is 0 Å². The molecule has 0 nitrogen and oxygen atoms in total. The summed E-state index contributed by atoms with van der Waals surface area (Å²) in [4.78, 5) is 0. The molecule has 0 saturated heterocycles. The predicted molar refractivity (Wildman–Crippen MR) is 162 cm³/mol. The first-order chi connectivity index (χ1) is 16.1. The van der Waals surface area contributed by atoms with Crippen molar-refractivity contribution >= 4 is 39.7 Å². The Labute approximate surface area is 264 Å². The van der Waals surface area contributed by atoms with E-state index in [-0.39, 0.29) is 80.8 Å².